The fourth-order valence-electron chi connectivity index (χ4n) is 2.74. The first-order valence-electron chi connectivity index (χ1n) is 8.64. The molecular formula is C21H21ClN2O3S. The summed E-state index contributed by atoms with van der Waals surface area (Å²) in [5.41, 5.74) is 1.80. The molecule has 5 nitrogen and oxygen atoms in total. The maximum atomic E-state index is 6.13. The lowest BCUT2D eigenvalue weighted by atomic mass is 10.2. The third kappa shape index (κ3) is 5.18. The molecule has 0 radical (unpaired) electrons. The monoisotopic (exact) mass is 416 g/mol. The Labute approximate surface area is 174 Å². The molecule has 28 heavy (non-hydrogen) atoms. The molecule has 0 saturated heterocycles. The summed E-state index contributed by atoms with van der Waals surface area (Å²) < 4.78 is 16.2. The van der Waals surface area contributed by atoms with Gasteiger partial charge in [0.2, 0.25) is 0 Å². The largest absolute Gasteiger partial charge is 0.497 e. The second-order valence-electron chi connectivity index (χ2n) is 6.06. The van der Waals surface area contributed by atoms with E-state index in [0.717, 1.165) is 17.0 Å². The van der Waals surface area contributed by atoms with Crippen LogP contribution in [0.4, 0.5) is 5.69 Å². The molecule has 0 aliphatic rings. The van der Waals surface area contributed by atoms with Crippen LogP contribution in [0.1, 0.15) is 11.3 Å². The number of methoxy groups -OCH3 is 2. The number of benzene rings is 2. The number of furan rings is 1. The number of rotatable bonds is 7. The van der Waals surface area contributed by atoms with Gasteiger partial charge in [0.25, 0.3) is 0 Å². The standard InChI is InChI=1S/C21H21ClN2O3S/c1-25-17-8-9-19(20(12-17)26-2)23-21(28)24(14-18-7-4-10-27-18)13-15-5-3-6-16(22)11-15/h3-12H,13-14H2,1-2H3,(H,23,28). The van der Waals surface area contributed by atoms with E-state index >= 15 is 0 Å². The summed E-state index contributed by atoms with van der Waals surface area (Å²) in [7, 11) is 3.22. The molecule has 0 unspecified atom stereocenters. The number of anilines is 1. The summed E-state index contributed by atoms with van der Waals surface area (Å²) in [5.74, 6) is 2.16. The first-order chi connectivity index (χ1) is 13.6. The van der Waals surface area contributed by atoms with Gasteiger partial charge in [0.15, 0.2) is 5.11 Å². The van der Waals surface area contributed by atoms with Gasteiger partial charge in [0.05, 0.1) is 32.7 Å². The van der Waals surface area contributed by atoms with Crippen molar-refractivity contribution in [1.29, 1.82) is 0 Å². The highest BCUT2D eigenvalue weighted by Gasteiger charge is 2.15. The van der Waals surface area contributed by atoms with E-state index in [2.05, 4.69) is 5.32 Å². The van der Waals surface area contributed by atoms with Crippen LogP contribution in [0.2, 0.25) is 5.02 Å². The predicted octanol–water partition coefficient (Wildman–Crippen LogP) is 5.35. The number of thiocarbonyl (C=S) groups is 1. The molecule has 3 aromatic rings. The molecule has 0 amide bonds. The summed E-state index contributed by atoms with van der Waals surface area (Å²) in [6, 6.07) is 17.0. The Morgan fingerprint density at radius 3 is 2.61 bits per heavy atom. The van der Waals surface area contributed by atoms with E-state index in [0.29, 0.717) is 34.7 Å². The third-order valence-corrected chi connectivity index (χ3v) is 4.72. The van der Waals surface area contributed by atoms with Crippen LogP contribution < -0.4 is 14.8 Å². The summed E-state index contributed by atoms with van der Waals surface area (Å²) >= 11 is 11.8. The first-order valence-corrected chi connectivity index (χ1v) is 9.42. The molecule has 1 aromatic heterocycles. The number of hydrogen-bond acceptors (Lipinski definition) is 4. The number of nitrogens with zero attached hydrogens (tertiary/aromatic N) is 1. The zero-order chi connectivity index (χ0) is 19.9. The lowest BCUT2D eigenvalue weighted by molar-refractivity contribution is 0.360. The van der Waals surface area contributed by atoms with Gasteiger partial charge in [0.1, 0.15) is 17.3 Å². The molecule has 0 aliphatic heterocycles. The van der Waals surface area contributed by atoms with Crippen LogP contribution in [0.5, 0.6) is 11.5 Å². The molecule has 0 fully saturated rings. The quantitative estimate of drug-likeness (QED) is 0.524. The molecule has 2 aromatic carbocycles. The number of hydrogen-bond donors (Lipinski definition) is 1. The molecule has 1 N–H and O–H groups in total. The van der Waals surface area contributed by atoms with Crippen molar-refractivity contribution in [2.24, 2.45) is 0 Å². The lowest BCUT2D eigenvalue weighted by Crippen LogP contribution is -2.33. The van der Waals surface area contributed by atoms with Crippen LogP contribution in [0.15, 0.2) is 65.3 Å². The van der Waals surface area contributed by atoms with Crippen molar-refractivity contribution in [2.45, 2.75) is 13.1 Å². The molecule has 146 valence electrons. The maximum absolute atomic E-state index is 6.13. The fraction of sp³-hybridized carbons (Fsp3) is 0.190. The topological polar surface area (TPSA) is 46.9 Å². The van der Waals surface area contributed by atoms with Gasteiger partial charge in [-0.3, -0.25) is 0 Å². The van der Waals surface area contributed by atoms with Gasteiger partial charge in [-0.05, 0) is 54.2 Å². The summed E-state index contributed by atoms with van der Waals surface area (Å²) in [4.78, 5) is 2.00. The van der Waals surface area contributed by atoms with E-state index in [1.807, 2.05) is 53.4 Å². The molecule has 0 atom stereocenters. The van der Waals surface area contributed by atoms with Crippen LogP contribution in [0.25, 0.3) is 0 Å². The van der Waals surface area contributed by atoms with Crippen LogP contribution >= 0.6 is 23.8 Å². The van der Waals surface area contributed by atoms with Crippen molar-refractivity contribution in [3.8, 4) is 11.5 Å². The van der Waals surface area contributed by atoms with Gasteiger partial charge in [-0.25, -0.2) is 0 Å². The van der Waals surface area contributed by atoms with Crippen molar-refractivity contribution >= 4 is 34.6 Å². The van der Waals surface area contributed by atoms with Crippen molar-refractivity contribution in [3.05, 3.63) is 77.2 Å². The van der Waals surface area contributed by atoms with Crippen molar-refractivity contribution in [3.63, 3.8) is 0 Å². The third-order valence-electron chi connectivity index (χ3n) is 4.13. The van der Waals surface area contributed by atoms with Crippen LogP contribution in [-0.4, -0.2) is 24.2 Å². The highest BCUT2D eigenvalue weighted by Crippen LogP contribution is 2.29. The van der Waals surface area contributed by atoms with E-state index in [1.54, 1.807) is 26.5 Å². The van der Waals surface area contributed by atoms with Gasteiger partial charge in [-0.15, -0.1) is 0 Å². The highest BCUT2D eigenvalue weighted by molar-refractivity contribution is 7.80. The Hall–Kier alpha value is -2.70. The van der Waals surface area contributed by atoms with E-state index in [1.165, 1.54) is 0 Å². The zero-order valence-corrected chi connectivity index (χ0v) is 17.2. The Balaban J connectivity index is 1.81. The van der Waals surface area contributed by atoms with Crippen LogP contribution in [-0.2, 0) is 13.1 Å². The van der Waals surface area contributed by atoms with E-state index in [-0.39, 0.29) is 0 Å². The summed E-state index contributed by atoms with van der Waals surface area (Å²) in [6.45, 7) is 1.09. The minimum absolute atomic E-state index is 0.518. The highest BCUT2D eigenvalue weighted by atomic mass is 35.5. The van der Waals surface area contributed by atoms with E-state index in [9.17, 15) is 0 Å². The average Bonchev–Trinajstić information content (AvgIpc) is 3.21. The van der Waals surface area contributed by atoms with Crippen LogP contribution in [0.3, 0.4) is 0 Å². The number of ether oxygens (including phenoxy) is 2. The molecule has 0 spiro atoms. The van der Waals surface area contributed by atoms with E-state index in [4.69, 9.17) is 37.7 Å². The number of nitrogens with one attached hydrogen (secondary N) is 1. The molecule has 0 aliphatic carbocycles. The molecule has 3 rings (SSSR count). The fourth-order valence-corrected chi connectivity index (χ4v) is 3.19. The SMILES string of the molecule is COc1ccc(NC(=S)N(Cc2cccc(Cl)c2)Cc2ccco2)c(OC)c1. The Morgan fingerprint density at radius 2 is 1.93 bits per heavy atom. The van der Waals surface area contributed by atoms with Crippen molar-refractivity contribution in [2.75, 3.05) is 19.5 Å². The average molecular weight is 417 g/mol. The Kier molecular flexibility index (Phi) is 6.79. The second kappa shape index (κ2) is 9.48. The van der Waals surface area contributed by atoms with Gasteiger partial charge >= 0.3 is 0 Å². The van der Waals surface area contributed by atoms with Gasteiger partial charge < -0.3 is 24.1 Å². The van der Waals surface area contributed by atoms with Crippen LogP contribution in [0, 0.1) is 0 Å². The van der Waals surface area contributed by atoms with Gasteiger partial charge in [-0.1, -0.05) is 23.7 Å². The van der Waals surface area contributed by atoms with E-state index < -0.39 is 0 Å². The maximum Gasteiger partial charge on any atom is 0.174 e. The molecule has 0 bridgehead atoms. The smallest absolute Gasteiger partial charge is 0.174 e. The molecule has 1 heterocycles. The Morgan fingerprint density at radius 1 is 1.07 bits per heavy atom. The number of halogens is 1. The Bertz CT molecular complexity index is 931. The van der Waals surface area contributed by atoms with Crippen molar-refractivity contribution in [1.82, 2.24) is 4.90 Å². The van der Waals surface area contributed by atoms with Gasteiger partial charge in [0, 0.05) is 17.6 Å². The predicted molar refractivity (Wildman–Crippen MR) is 115 cm³/mol. The van der Waals surface area contributed by atoms with Crippen molar-refractivity contribution < 1.29 is 13.9 Å². The molecule has 7 heteroatoms. The minimum Gasteiger partial charge on any atom is -0.497 e. The van der Waals surface area contributed by atoms with Gasteiger partial charge in [-0.2, -0.15) is 0 Å². The first kappa shape index (κ1) is 20.0. The molecule has 0 saturated carbocycles. The normalized spacial score (nSPS) is 10.4. The zero-order valence-electron chi connectivity index (χ0n) is 15.6. The summed E-state index contributed by atoms with van der Waals surface area (Å²) in [6.07, 6.45) is 1.65. The minimum atomic E-state index is 0.518. The summed E-state index contributed by atoms with van der Waals surface area (Å²) in [5, 5.41) is 4.49. The molecular weight excluding hydrogens is 396 g/mol. The lowest BCUT2D eigenvalue weighted by Gasteiger charge is -2.26. The second-order valence-corrected chi connectivity index (χ2v) is 6.88.